The molecule has 1 aromatic carbocycles. The van der Waals surface area contributed by atoms with Gasteiger partial charge in [-0.2, -0.15) is 0 Å². The lowest BCUT2D eigenvalue weighted by atomic mass is 10.1. The Morgan fingerprint density at radius 2 is 2.00 bits per heavy atom. The molecule has 2 aromatic rings. The maximum absolute atomic E-state index is 13.0. The molecule has 0 aliphatic rings. The van der Waals surface area contributed by atoms with E-state index in [1.807, 2.05) is 6.20 Å². The number of nitrogens with one attached hydrogen (secondary N) is 1. The van der Waals surface area contributed by atoms with E-state index >= 15 is 0 Å². The zero-order valence-electron chi connectivity index (χ0n) is 12.1. The highest BCUT2D eigenvalue weighted by Crippen LogP contribution is 2.18. The fourth-order valence-electron chi connectivity index (χ4n) is 1.91. The maximum atomic E-state index is 13.0. The summed E-state index contributed by atoms with van der Waals surface area (Å²) in [5.41, 5.74) is 2.24. The Balaban J connectivity index is 2.02. The van der Waals surface area contributed by atoms with Gasteiger partial charge in [0.25, 0.3) is 0 Å². The van der Waals surface area contributed by atoms with E-state index < -0.39 is 0 Å². The molecule has 1 N–H and O–H groups in total. The third-order valence-electron chi connectivity index (χ3n) is 3.00. The number of aromatic nitrogens is 1. The van der Waals surface area contributed by atoms with Gasteiger partial charge in [-0.25, -0.2) is 4.39 Å². The fraction of sp³-hybridized carbons (Fsp3) is 0.375. The van der Waals surface area contributed by atoms with Crippen molar-refractivity contribution in [3.8, 4) is 0 Å². The van der Waals surface area contributed by atoms with Crippen LogP contribution in [0.5, 0.6) is 0 Å². The number of hydrogen-bond acceptors (Lipinski definition) is 1. The maximum Gasteiger partial charge on any atom is 0.124 e. The van der Waals surface area contributed by atoms with Crippen molar-refractivity contribution in [3.63, 3.8) is 0 Å². The van der Waals surface area contributed by atoms with Crippen LogP contribution in [-0.4, -0.2) is 10.1 Å². The van der Waals surface area contributed by atoms with Crippen molar-refractivity contribution in [3.05, 3.63) is 58.6 Å². The molecule has 0 saturated heterocycles. The van der Waals surface area contributed by atoms with Gasteiger partial charge in [0.05, 0.1) is 0 Å². The Hall–Kier alpha value is -1.32. The molecule has 0 unspecified atom stereocenters. The summed E-state index contributed by atoms with van der Waals surface area (Å²) in [4.78, 5) is 0. The first-order valence-electron chi connectivity index (χ1n) is 6.67. The number of nitrogens with zero attached hydrogens (tertiary/aromatic N) is 1. The smallest absolute Gasteiger partial charge is 0.124 e. The van der Waals surface area contributed by atoms with Crippen LogP contribution >= 0.6 is 11.6 Å². The zero-order chi connectivity index (χ0) is 14.8. The summed E-state index contributed by atoms with van der Waals surface area (Å²) in [6, 6.07) is 6.59. The van der Waals surface area contributed by atoms with Crippen LogP contribution in [0.1, 0.15) is 31.9 Å². The quantitative estimate of drug-likeness (QED) is 0.893. The molecule has 0 fully saturated rings. The van der Waals surface area contributed by atoms with E-state index in [4.69, 9.17) is 11.6 Å². The molecule has 0 aliphatic heterocycles. The highest BCUT2D eigenvalue weighted by atomic mass is 35.5. The third-order valence-corrected chi connectivity index (χ3v) is 3.35. The summed E-state index contributed by atoms with van der Waals surface area (Å²) in [6.45, 7) is 7.90. The number of halogens is 2. The molecule has 2 rings (SSSR count). The average molecular weight is 295 g/mol. The molecule has 0 aliphatic carbocycles. The Bertz CT molecular complexity index is 584. The van der Waals surface area contributed by atoms with Gasteiger partial charge in [0.2, 0.25) is 0 Å². The summed E-state index contributed by atoms with van der Waals surface area (Å²) < 4.78 is 15.1. The molecule has 2 nitrogen and oxygen atoms in total. The first-order chi connectivity index (χ1) is 9.33. The predicted octanol–water partition coefficient (Wildman–Crippen LogP) is 4.22. The van der Waals surface area contributed by atoms with Crippen molar-refractivity contribution in [1.82, 2.24) is 9.88 Å². The van der Waals surface area contributed by atoms with Crippen LogP contribution in [0.15, 0.2) is 36.7 Å². The molecule has 0 radical (unpaired) electrons. The van der Waals surface area contributed by atoms with E-state index in [-0.39, 0.29) is 11.4 Å². The molecule has 0 bridgehead atoms. The minimum Gasteiger partial charge on any atom is -0.350 e. The Morgan fingerprint density at radius 3 is 2.65 bits per heavy atom. The van der Waals surface area contributed by atoms with Crippen molar-refractivity contribution in [2.24, 2.45) is 0 Å². The van der Waals surface area contributed by atoms with Gasteiger partial charge in [-0.15, -0.1) is 0 Å². The molecular weight excluding hydrogens is 275 g/mol. The van der Waals surface area contributed by atoms with Crippen LogP contribution < -0.4 is 5.32 Å². The molecule has 0 atom stereocenters. The molecule has 0 amide bonds. The van der Waals surface area contributed by atoms with Crippen LogP contribution in [0.3, 0.4) is 0 Å². The lowest BCUT2D eigenvalue weighted by Crippen LogP contribution is -2.34. The average Bonchev–Trinajstić information content (AvgIpc) is 2.77. The Labute approximate surface area is 124 Å². The predicted molar refractivity (Wildman–Crippen MR) is 81.5 cm³/mol. The summed E-state index contributed by atoms with van der Waals surface area (Å²) in [7, 11) is 0. The lowest BCUT2D eigenvalue weighted by Gasteiger charge is -2.19. The van der Waals surface area contributed by atoms with E-state index in [2.05, 4.69) is 42.9 Å². The summed E-state index contributed by atoms with van der Waals surface area (Å²) in [5.74, 6) is -0.304. The standard InChI is InChI=1S/C16H20ClFN2/c1-16(2,3)19-9-12-6-7-20(10-12)11-13-4-5-14(18)8-15(13)17/h4-8,10,19H,9,11H2,1-3H3. The first-order valence-corrected chi connectivity index (χ1v) is 7.05. The molecule has 1 aromatic heterocycles. The topological polar surface area (TPSA) is 17.0 Å². The number of rotatable bonds is 4. The van der Waals surface area contributed by atoms with E-state index in [0.717, 1.165) is 12.1 Å². The van der Waals surface area contributed by atoms with Gasteiger partial charge in [0, 0.05) is 36.0 Å². The molecule has 108 valence electrons. The largest absolute Gasteiger partial charge is 0.350 e. The second-order valence-electron chi connectivity index (χ2n) is 6.03. The van der Waals surface area contributed by atoms with Crippen LogP contribution in [0.4, 0.5) is 4.39 Å². The molecular formula is C16H20ClFN2. The van der Waals surface area contributed by atoms with Crippen molar-refractivity contribution >= 4 is 11.6 Å². The lowest BCUT2D eigenvalue weighted by molar-refractivity contribution is 0.424. The molecule has 4 heteroatoms. The SMILES string of the molecule is CC(C)(C)NCc1ccn(Cc2ccc(F)cc2Cl)c1. The summed E-state index contributed by atoms with van der Waals surface area (Å²) in [6.07, 6.45) is 4.10. The minimum atomic E-state index is -0.304. The Kier molecular flexibility index (Phi) is 4.51. The molecule has 0 spiro atoms. The van der Waals surface area contributed by atoms with Crippen LogP contribution in [0, 0.1) is 5.82 Å². The van der Waals surface area contributed by atoms with Gasteiger partial charge in [-0.05, 0) is 50.1 Å². The zero-order valence-corrected chi connectivity index (χ0v) is 12.8. The van der Waals surface area contributed by atoms with Gasteiger partial charge in [0.15, 0.2) is 0 Å². The van der Waals surface area contributed by atoms with Crippen molar-refractivity contribution in [2.75, 3.05) is 0 Å². The Morgan fingerprint density at radius 1 is 1.25 bits per heavy atom. The number of benzene rings is 1. The highest BCUT2D eigenvalue weighted by molar-refractivity contribution is 6.31. The normalized spacial score (nSPS) is 11.8. The minimum absolute atomic E-state index is 0.0996. The summed E-state index contributed by atoms with van der Waals surface area (Å²) in [5, 5.41) is 3.91. The van der Waals surface area contributed by atoms with Crippen molar-refractivity contribution in [2.45, 2.75) is 39.4 Å². The van der Waals surface area contributed by atoms with E-state index in [0.29, 0.717) is 11.6 Å². The second kappa shape index (κ2) is 5.98. The van der Waals surface area contributed by atoms with Crippen LogP contribution in [0.2, 0.25) is 5.02 Å². The van der Waals surface area contributed by atoms with E-state index in [9.17, 15) is 4.39 Å². The van der Waals surface area contributed by atoms with Crippen LogP contribution in [0.25, 0.3) is 0 Å². The van der Waals surface area contributed by atoms with Gasteiger partial charge in [-0.1, -0.05) is 17.7 Å². The van der Waals surface area contributed by atoms with Crippen molar-refractivity contribution in [1.29, 1.82) is 0 Å². The molecule has 0 saturated carbocycles. The van der Waals surface area contributed by atoms with Crippen LogP contribution in [-0.2, 0) is 13.1 Å². The summed E-state index contributed by atoms with van der Waals surface area (Å²) >= 11 is 6.04. The second-order valence-corrected chi connectivity index (χ2v) is 6.44. The van der Waals surface area contributed by atoms with Gasteiger partial charge >= 0.3 is 0 Å². The van der Waals surface area contributed by atoms with E-state index in [1.165, 1.54) is 17.7 Å². The number of hydrogen-bond donors (Lipinski definition) is 1. The molecule has 20 heavy (non-hydrogen) atoms. The van der Waals surface area contributed by atoms with Gasteiger partial charge in [-0.3, -0.25) is 0 Å². The van der Waals surface area contributed by atoms with Crippen molar-refractivity contribution < 1.29 is 4.39 Å². The highest BCUT2D eigenvalue weighted by Gasteiger charge is 2.09. The third kappa shape index (κ3) is 4.36. The molecule has 1 heterocycles. The monoisotopic (exact) mass is 294 g/mol. The van der Waals surface area contributed by atoms with Gasteiger partial charge in [0.1, 0.15) is 5.82 Å². The van der Waals surface area contributed by atoms with E-state index in [1.54, 1.807) is 6.07 Å². The van der Waals surface area contributed by atoms with Gasteiger partial charge < -0.3 is 9.88 Å². The fourth-order valence-corrected chi connectivity index (χ4v) is 2.13. The first kappa shape index (κ1) is 15.1.